The van der Waals surface area contributed by atoms with Crippen molar-refractivity contribution in [1.82, 2.24) is 15.2 Å². The van der Waals surface area contributed by atoms with E-state index in [2.05, 4.69) is 15.6 Å². The third-order valence-electron chi connectivity index (χ3n) is 5.12. The number of para-hydroxylation sites is 1. The summed E-state index contributed by atoms with van der Waals surface area (Å²) in [5.74, 6) is -0.685. The second-order valence-electron chi connectivity index (χ2n) is 7.18. The monoisotopic (exact) mass is 444 g/mol. The Labute approximate surface area is 190 Å². The lowest BCUT2D eigenvalue weighted by Gasteiger charge is -2.27. The fraction of sp³-hybridized carbons (Fsp3) is 0.0800. The summed E-state index contributed by atoms with van der Waals surface area (Å²) in [5.41, 5.74) is 3.45. The zero-order chi connectivity index (χ0) is 22.6. The molecule has 1 heterocycles. The van der Waals surface area contributed by atoms with Gasteiger partial charge in [0.2, 0.25) is 0 Å². The lowest BCUT2D eigenvalue weighted by Crippen LogP contribution is -2.43. The summed E-state index contributed by atoms with van der Waals surface area (Å²) in [6.07, 6.45) is 1.43. The van der Waals surface area contributed by atoms with Gasteiger partial charge < -0.3 is 5.11 Å². The Bertz CT molecular complexity index is 1200. The highest BCUT2D eigenvalue weighted by molar-refractivity contribution is 6.32. The summed E-state index contributed by atoms with van der Waals surface area (Å²) < 4.78 is 1.60. The molecule has 0 fully saturated rings. The molecule has 7 heteroatoms. The van der Waals surface area contributed by atoms with Gasteiger partial charge in [-0.1, -0.05) is 90.5 Å². The number of carbonyl (C=O) groups is 1. The number of rotatable bonds is 6. The molecule has 0 aliphatic carbocycles. The predicted octanol–water partition coefficient (Wildman–Crippen LogP) is 4.22. The van der Waals surface area contributed by atoms with E-state index in [1.165, 1.54) is 6.21 Å². The Hall–Kier alpha value is -3.74. The molecule has 0 unspecified atom stereocenters. The molecule has 0 aliphatic heterocycles. The van der Waals surface area contributed by atoms with Crippen LogP contribution in [0.5, 0.6) is 0 Å². The van der Waals surface area contributed by atoms with E-state index in [-0.39, 0.29) is 0 Å². The van der Waals surface area contributed by atoms with E-state index in [1.807, 2.05) is 42.5 Å². The van der Waals surface area contributed by atoms with Crippen LogP contribution in [0.25, 0.3) is 5.69 Å². The number of hydrogen-bond donors (Lipinski definition) is 2. The Balaban J connectivity index is 1.62. The fourth-order valence-electron chi connectivity index (χ4n) is 3.42. The van der Waals surface area contributed by atoms with Crippen LogP contribution in [0.4, 0.5) is 0 Å². The molecule has 1 aromatic heterocycles. The minimum absolute atomic E-state index is 0.369. The van der Waals surface area contributed by atoms with Gasteiger partial charge in [0.1, 0.15) is 5.15 Å². The molecule has 0 aliphatic rings. The summed E-state index contributed by atoms with van der Waals surface area (Å²) in [5, 5.41) is 20.3. The number of hydrazone groups is 1. The van der Waals surface area contributed by atoms with Gasteiger partial charge in [-0.15, -0.1) is 0 Å². The van der Waals surface area contributed by atoms with Crippen LogP contribution < -0.4 is 5.43 Å². The molecular weight excluding hydrogens is 424 g/mol. The minimum atomic E-state index is -1.91. The van der Waals surface area contributed by atoms with Crippen LogP contribution in [0.3, 0.4) is 0 Å². The highest BCUT2D eigenvalue weighted by Gasteiger charge is 2.39. The van der Waals surface area contributed by atoms with E-state index in [0.717, 1.165) is 5.69 Å². The topological polar surface area (TPSA) is 79.5 Å². The van der Waals surface area contributed by atoms with Crippen LogP contribution in [0.2, 0.25) is 5.15 Å². The van der Waals surface area contributed by atoms with E-state index in [0.29, 0.717) is 27.5 Å². The quantitative estimate of drug-likeness (QED) is 0.345. The normalized spacial score (nSPS) is 11.6. The lowest BCUT2D eigenvalue weighted by atomic mass is 9.85. The van der Waals surface area contributed by atoms with Crippen molar-refractivity contribution in [2.45, 2.75) is 12.5 Å². The van der Waals surface area contributed by atoms with Crippen molar-refractivity contribution in [3.05, 3.63) is 119 Å². The second-order valence-corrected chi connectivity index (χ2v) is 7.54. The first kappa shape index (κ1) is 21.5. The summed E-state index contributed by atoms with van der Waals surface area (Å²) >= 11 is 6.51. The molecule has 32 heavy (non-hydrogen) atoms. The summed E-state index contributed by atoms with van der Waals surface area (Å²) in [6, 6.07) is 27.0. The van der Waals surface area contributed by atoms with Gasteiger partial charge >= 0.3 is 0 Å². The van der Waals surface area contributed by atoms with Gasteiger partial charge in [-0.2, -0.15) is 10.2 Å². The molecule has 0 bridgehead atoms. The number of nitrogens with zero attached hydrogens (tertiary/aromatic N) is 3. The molecule has 2 N–H and O–H groups in total. The van der Waals surface area contributed by atoms with Crippen LogP contribution in [0.1, 0.15) is 22.4 Å². The average Bonchev–Trinajstić information content (AvgIpc) is 3.13. The number of halogens is 1. The van der Waals surface area contributed by atoms with Gasteiger partial charge in [0.15, 0.2) is 5.60 Å². The zero-order valence-corrected chi connectivity index (χ0v) is 18.1. The molecule has 0 spiro atoms. The van der Waals surface area contributed by atoms with Gasteiger partial charge in [0.25, 0.3) is 5.91 Å². The molecule has 1 amide bonds. The Kier molecular flexibility index (Phi) is 6.16. The fourth-order valence-corrected chi connectivity index (χ4v) is 3.74. The average molecular weight is 445 g/mol. The largest absolute Gasteiger partial charge is 0.372 e. The number of aliphatic hydroxyl groups is 1. The standard InChI is InChI=1S/C25H21ClN4O2/c1-18-22(23(26)30(29-18)21-15-9-4-10-16-21)17-27-28-24(31)25(32,19-11-5-2-6-12-19)20-13-7-3-8-14-20/h2-17,32H,1H3,(H,28,31)/b27-17+. The molecule has 160 valence electrons. The van der Waals surface area contributed by atoms with E-state index >= 15 is 0 Å². The Morgan fingerprint density at radius 1 is 0.969 bits per heavy atom. The van der Waals surface area contributed by atoms with E-state index < -0.39 is 11.5 Å². The summed E-state index contributed by atoms with van der Waals surface area (Å²) in [7, 11) is 0. The first-order chi connectivity index (χ1) is 15.5. The minimum Gasteiger partial charge on any atom is -0.372 e. The number of benzene rings is 3. The van der Waals surface area contributed by atoms with Crippen molar-refractivity contribution in [2.75, 3.05) is 0 Å². The van der Waals surface area contributed by atoms with Crippen molar-refractivity contribution in [3.63, 3.8) is 0 Å². The molecule has 0 saturated heterocycles. The maximum Gasteiger partial charge on any atom is 0.281 e. The smallest absolute Gasteiger partial charge is 0.281 e. The molecule has 0 saturated carbocycles. The molecule has 0 atom stereocenters. The molecule has 0 radical (unpaired) electrons. The van der Waals surface area contributed by atoms with Crippen LogP contribution in [-0.4, -0.2) is 27.0 Å². The number of aryl methyl sites for hydroxylation is 1. The predicted molar refractivity (Wildman–Crippen MR) is 125 cm³/mol. The Morgan fingerprint density at radius 2 is 1.47 bits per heavy atom. The molecule has 4 rings (SSSR count). The number of amides is 1. The van der Waals surface area contributed by atoms with E-state index in [1.54, 1.807) is 60.1 Å². The van der Waals surface area contributed by atoms with Gasteiger partial charge in [-0.3, -0.25) is 4.79 Å². The first-order valence-corrected chi connectivity index (χ1v) is 10.4. The van der Waals surface area contributed by atoms with E-state index in [4.69, 9.17) is 11.6 Å². The van der Waals surface area contributed by atoms with Crippen molar-refractivity contribution < 1.29 is 9.90 Å². The lowest BCUT2D eigenvalue weighted by molar-refractivity contribution is -0.136. The van der Waals surface area contributed by atoms with Gasteiger partial charge in [0.05, 0.1) is 23.2 Å². The Morgan fingerprint density at radius 3 is 2.00 bits per heavy atom. The first-order valence-electron chi connectivity index (χ1n) is 9.99. The van der Waals surface area contributed by atoms with Crippen LogP contribution >= 0.6 is 11.6 Å². The highest BCUT2D eigenvalue weighted by atomic mass is 35.5. The highest BCUT2D eigenvalue weighted by Crippen LogP contribution is 2.30. The van der Waals surface area contributed by atoms with Crippen LogP contribution in [0.15, 0.2) is 96.1 Å². The molecule has 3 aromatic carbocycles. The number of carbonyl (C=O) groups excluding carboxylic acids is 1. The molecule has 6 nitrogen and oxygen atoms in total. The van der Waals surface area contributed by atoms with Crippen LogP contribution in [-0.2, 0) is 10.4 Å². The second kappa shape index (κ2) is 9.18. The van der Waals surface area contributed by atoms with Crippen LogP contribution in [0, 0.1) is 6.92 Å². The SMILES string of the molecule is Cc1nn(-c2ccccc2)c(Cl)c1/C=N/NC(=O)C(O)(c1ccccc1)c1ccccc1. The summed E-state index contributed by atoms with van der Waals surface area (Å²) in [4.78, 5) is 13.1. The van der Waals surface area contributed by atoms with E-state index in [9.17, 15) is 9.90 Å². The van der Waals surface area contributed by atoms with Gasteiger partial charge in [0, 0.05) is 0 Å². The van der Waals surface area contributed by atoms with Crippen molar-refractivity contribution in [1.29, 1.82) is 0 Å². The van der Waals surface area contributed by atoms with Crippen molar-refractivity contribution in [2.24, 2.45) is 5.10 Å². The molecular formula is C25H21ClN4O2. The summed E-state index contributed by atoms with van der Waals surface area (Å²) in [6.45, 7) is 1.80. The maximum absolute atomic E-state index is 13.1. The molecule has 4 aromatic rings. The zero-order valence-electron chi connectivity index (χ0n) is 17.3. The number of hydrogen-bond acceptors (Lipinski definition) is 4. The van der Waals surface area contributed by atoms with Gasteiger partial charge in [-0.05, 0) is 30.2 Å². The third-order valence-corrected chi connectivity index (χ3v) is 5.48. The number of nitrogens with one attached hydrogen (secondary N) is 1. The third kappa shape index (κ3) is 4.06. The van der Waals surface area contributed by atoms with Crippen molar-refractivity contribution in [3.8, 4) is 5.69 Å². The van der Waals surface area contributed by atoms with Crippen molar-refractivity contribution >= 4 is 23.7 Å². The van der Waals surface area contributed by atoms with Gasteiger partial charge in [-0.25, -0.2) is 10.1 Å². The maximum atomic E-state index is 13.1. The number of aromatic nitrogens is 2.